The summed E-state index contributed by atoms with van der Waals surface area (Å²) in [7, 11) is -3.79. The fourth-order valence-electron chi connectivity index (χ4n) is 2.35. The van der Waals surface area contributed by atoms with Gasteiger partial charge in [-0.1, -0.05) is 23.7 Å². The first-order valence-electron chi connectivity index (χ1n) is 6.51. The van der Waals surface area contributed by atoms with Gasteiger partial charge < -0.3 is 0 Å². The van der Waals surface area contributed by atoms with Gasteiger partial charge in [-0.2, -0.15) is 0 Å². The minimum absolute atomic E-state index is 0.118. The van der Waals surface area contributed by atoms with Crippen LogP contribution in [0.2, 0.25) is 5.02 Å². The monoisotopic (exact) mass is 333 g/mol. The van der Waals surface area contributed by atoms with E-state index in [1.165, 1.54) is 30.5 Å². The second-order valence-electron chi connectivity index (χ2n) is 4.98. The van der Waals surface area contributed by atoms with Crippen LogP contribution in [0.1, 0.15) is 15.9 Å². The first kappa shape index (κ1) is 14.8. The molecule has 1 heterocycles. The molecule has 0 aliphatic rings. The number of benzene rings is 2. The number of halogens is 1. The Kier molecular flexibility index (Phi) is 3.54. The maximum absolute atomic E-state index is 12.8. The zero-order valence-electron chi connectivity index (χ0n) is 11.7. The SMILES string of the molecule is Cc1ccc2c(C=O)cn(S(=O)(=O)c3ccc(Cl)cc3)c2c1. The van der Waals surface area contributed by atoms with Gasteiger partial charge in [-0.05, 0) is 42.8 Å². The third-order valence-electron chi connectivity index (χ3n) is 3.46. The van der Waals surface area contributed by atoms with E-state index in [1.807, 2.05) is 13.0 Å². The zero-order chi connectivity index (χ0) is 15.9. The lowest BCUT2D eigenvalue weighted by molar-refractivity contribution is 0.112. The molecule has 0 saturated heterocycles. The highest BCUT2D eigenvalue weighted by molar-refractivity contribution is 7.90. The predicted octanol–water partition coefficient (Wildman–Crippen LogP) is 3.65. The Bertz CT molecular complexity index is 973. The van der Waals surface area contributed by atoms with Crippen LogP contribution in [0.3, 0.4) is 0 Å². The van der Waals surface area contributed by atoms with Crippen molar-refractivity contribution in [3.63, 3.8) is 0 Å². The molecule has 112 valence electrons. The summed E-state index contributed by atoms with van der Waals surface area (Å²) in [5.41, 5.74) is 1.74. The average Bonchev–Trinajstić information content (AvgIpc) is 2.86. The van der Waals surface area contributed by atoms with Crippen LogP contribution in [0.5, 0.6) is 0 Å². The Morgan fingerprint density at radius 2 is 1.77 bits per heavy atom. The molecule has 22 heavy (non-hydrogen) atoms. The van der Waals surface area contributed by atoms with Crippen molar-refractivity contribution in [3.8, 4) is 0 Å². The van der Waals surface area contributed by atoms with Gasteiger partial charge in [0.1, 0.15) is 0 Å². The molecule has 0 radical (unpaired) electrons. The number of aryl methyl sites for hydroxylation is 1. The lowest BCUT2D eigenvalue weighted by Crippen LogP contribution is -2.11. The Morgan fingerprint density at radius 3 is 2.41 bits per heavy atom. The molecular formula is C16H12ClNO3S. The molecule has 0 aliphatic carbocycles. The molecule has 0 amide bonds. The van der Waals surface area contributed by atoms with E-state index in [-0.39, 0.29) is 4.90 Å². The van der Waals surface area contributed by atoms with Gasteiger partial charge in [0.15, 0.2) is 6.29 Å². The van der Waals surface area contributed by atoms with Gasteiger partial charge in [-0.25, -0.2) is 12.4 Å². The van der Waals surface area contributed by atoms with Crippen molar-refractivity contribution in [2.75, 3.05) is 0 Å². The molecule has 0 atom stereocenters. The van der Waals surface area contributed by atoms with E-state index in [1.54, 1.807) is 12.1 Å². The Balaban J connectivity index is 2.31. The molecule has 3 aromatic rings. The third kappa shape index (κ3) is 2.32. The number of nitrogens with zero attached hydrogens (tertiary/aromatic N) is 1. The fraction of sp³-hybridized carbons (Fsp3) is 0.0625. The second kappa shape index (κ2) is 5.26. The van der Waals surface area contributed by atoms with Crippen molar-refractivity contribution >= 4 is 38.8 Å². The standard InChI is InChI=1S/C16H12ClNO3S/c1-11-2-7-15-12(10-19)9-18(16(15)8-11)22(20,21)14-5-3-13(17)4-6-14/h2-10H,1H3. The number of fused-ring (bicyclic) bond motifs is 1. The summed E-state index contributed by atoms with van der Waals surface area (Å²) in [6, 6.07) is 11.3. The van der Waals surface area contributed by atoms with Crippen LogP contribution in [0.4, 0.5) is 0 Å². The topological polar surface area (TPSA) is 56.1 Å². The average molecular weight is 334 g/mol. The first-order chi connectivity index (χ1) is 10.4. The molecule has 2 aromatic carbocycles. The van der Waals surface area contributed by atoms with Gasteiger partial charge in [0.05, 0.1) is 10.4 Å². The summed E-state index contributed by atoms with van der Waals surface area (Å²) in [6.45, 7) is 1.87. The highest BCUT2D eigenvalue weighted by Gasteiger charge is 2.21. The van der Waals surface area contributed by atoms with Crippen LogP contribution in [0.15, 0.2) is 53.6 Å². The van der Waals surface area contributed by atoms with Crippen molar-refractivity contribution in [3.05, 3.63) is 64.8 Å². The second-order valence-corrected chi connectivity index (χ2v) is 7.23. The van der Waals surface area contributed by atoms with Crippen LogP contribution in [-0.4, -0.2) is 18.7 Å². The van der Waals surface area contributed by atoms with Crippen molar-refractivity contribution < 1.29 is 13.2 Å². The third-order valence-corrected chi connectivity index (χ3v) is 5.40. The van der Waals surface area contributed by atoms with Gasteiger partial charge in [0, 0.05) is 22.2 Å². The molecule has 0 saturated carbocycles. The van der Waals surface area contributed by atoms with Gasteiger partial charge in [0.2, 0.25) is 0 Å². The molecule has 3 rings (SSSR count). The minimum atomic E-state index is -3.79. The number of hydrogen-bond donors (Lipinski definition) is 0. The molecule has 0 aliphatic heterocycles. The van der Waals surface area contributed by atoms with Crippen LogP contribution < -0.4 is 0 Å². The smallest absolute Gasteiger partial charge is 0.268 e. The maximum Gasteiger partial charge on any atom is 0.268 e. The van der Waals surface area contributed by atoms with E-state index in [2.05, 4.69) is 0 Å². The van der Waals surface area contributed by atoms with Crippen molar-refractivity contribution in [1.82, 2.24) is 3.97 Å². The quantitative estimate of drug-likeness (QED) is 0.687. The predicted molar refractivity (Wildman–Crippen MR) is 86.1 cm³/mol. The number of rotatable bonds is 3. The molecule has 0 unspecified atom stereocenters. The van der Waals surface area contributed by atoms with Gasteiger partial charge in [-0.3, -0.25) is 4.79 Å². The van der Waals surface area contributed by atoms with E-state index in [0.717, 1.165) is 9.54 Å². The maximum atomic E-state index is 12.8. The van der Waals surface area contributed by atoms with Crippen molar-refractivity contribution in [2.45, 2.75) is 11.8 Å². The summed E-state index contributed by atoms with van der Waals surface area (Å²) in [4.78, 5) is 11.3. The zero-order valence-corrected chi connectivity index (χ0v) is 13.2. The minimum Gasteiger partial charge on any atom is -0.298 e. The lowest BCUT2D eigenvalue weighted by Gasteiger charge is -2.08. The number of aromatic nitrogens is 1. The lowest BCUT2D eigenvalue weighted by atomic mass is 10.1. The number of aldehydes is 1. The molecule has 0 bridgehead atoms. The number of carbonyl (C=O) groups is 1. The number of carbonyl (C=O) groups excluding carboxylic acids is 1. The number of hydrogen-bond acceptors (Lipinski definition) is 3. The summed E-state index contributed by atoms with van der Waals surface area (Å²) in [5, 5.41) is 1.07. The summed E-state index contributed by atoms with van der Waals surface area (Å²) in [6.07, 6.45) is 2.01. The van der Waals surface area contributed by atoms with E-state index < -0.39 is 10.0 Å². The highest BCUT2D eigenvalue weighted by atomic mass is 35.5. The Morgan fingerprint density at radius 1 is 1.09 bits per heavy atom. The summed E-state index contributed by atoms with van der Waals surface area (Å²) < 4.78 is 26.7. The van der Waals surface area contributed by atoms with Gasteiger partial charge in [-0.15, -0.1) is 0 Å². The largest absolute Gasteiger partial charge is 0.298 e. The van der Waals surface area contributed by atoms with Crippen molar-refractivity contribution in [2.24, 2.45) is 0 Å². The van der Waals surface area contributed by atoms with Crippen LogP contribution in [0.25, 0.3) is 10.9 Å². The molecule has 0 fully saturated rings. The summed E-state index contributed by atoms with van der Waals surface area (Å²) in [5.74, 6) is 0. The van der Waals surface area contributed by atoms with E-state index in [9.17, 15) is 13.2 Å². The van der Waals surface area contributed by atoms with Gasteiger partial charge in [0.25, 0.3) is 10.0 Å². The molecule has 1 aromatic heterocycles. The van der Waals surface area contributed by atoms with Crippen molar-refractivity contribution in [1.29, 1.82) is 0 Å². The Hall–Kier alpha value is -2.11. The van der Waals surface area contributed by atoms with E-state index in [0.29, 0.717) is 27.8 Å². The van der Waals surface area contributed by atoms with Crippen LogP contribution >= 0.6 is 11.6 Å². The van der Waals surface area contributed by atoms with Gasteiger partial charge >= 0.3 is 0 Å². The van der Waals surface area contributed by atoms with E-state index in [4.69, 9.17) is 11.6 Å². The van der Waals surface area contributed by atoms with Crippen LogP contribution in [-0.2, 0) is 10.0 Å². The molecule has 6 heteroatoms. The van der Waals surface area contributed by atoms with E-state index >= 15 is 0 Å². The normalized spacial score (nSPS) is 11.7. The first-order valence-corrected chi connectivity index (χ1v) is 8.33. The fourth-order valence-corrected chi connectivity index (χ4v) is 3.84. The summed E-state index contributed by atoms with van der Waals surface area (Å²) >= 11 is 5.80. The molecule has 0 spiro atoms. The molecule has 0 N–H and O–H groups in total. The molecular weight excluding hydrogens is 322 g/mol. The molecule has 4 nitrogen and oxygen atoms in total. The Labute approximate surface area is 133 Å². The highest BCUT2D eigenvalue weighted by Crippen LogP contribution is 2.26. The van der Waals surface area contributed by atoms with Crippen LogP contribution in [0, 0.1) is 6.92 Å².